The minimum Gasteiger partial charge on any atom is -0.497 e. The van der Waals surface area contributed by atoms with Crippen LogP contribution < -0.4 is 23.8 Å². The molecule has 1 unspecified atom stereocenters. The van der Waals surface area contributed by atoms with Crippen LogP contribution in [-0.4, -0.2) is 41.2 Å². The molecule has 1 atom stereocenters. The second-order valence-corrected chi connectivity index (χ2v) is 9.68. The summed E-state index contributed by atoms with van der Waals surface area (Å²) < 4.78 is 44.7. The van der Waals surface area contributed by atoms with Crippen LogP contribution in [0.2, 0.25) is 0 Å². The first-order valence-electron chi connectivity index (χ1n) is 10.7. The van der Waals surface area contributed by atoms with Gasteiger partial charge in [0.05, 0.1) is 31.3 Å². The molecule has 0 bridgehead atoms. The first-order chi connectivity index (χ1) is 16.3. The van der Waals surface area contributed by atoms with E-state index in [0.717, 1.165) is 11.1 Å². The molecule has 1 amide bonds. The number of carbonyl (C=O) groups is 1. The zero-order valence-electron chi connectivity index (χ0n) is 19.1. The highest BCUT2D eigenvalue weighted by atomic mass is 32.2. The third-order valence-electron chi connectivity index (χ3n) is 5.57. The Labute approximate surface area is 199 Å². The number of rotatable bonds is 7. The zero-order chi connectivity index (χ0) is 24.3. The van der Waals surface area contributed by atoms with Crippen molar-refractivity contribution in [2.24, 2.45) is 0 Å². The largest absolute Gasteiger partial charge is 0.497 e. The highest BCUT2D eigenvalue weighted by molar-refractivity contribution is 7.92. The lowest BCUT2D eigenvalue weighted by Gasteiger charge is -2.35. The zero-order valence-corrected chi connectivity index (χ0v) is 20.0. The number of benzene rings is 3. The minimum atomic E-state index is -3.96. The van der Waals surface area contributed by atoms with Gasteiger partial charge in [-0.1, -0.05) is 24.3 Å². The molecule has 178 valence electrons. The van der Waals surface area contributed by atoms with E-state index in [0.29, 0.717) is 22.9 Å². The molecule has 0 aliphatic carbocycles. The summed E-state index contributed by atoms with van der Waals surface area (Å²) in [6, 6.07) is 18.7. The topological polar surface area (TPSA) is 94.2 Å². The van der Waals surface area contributed by atoms with Crippen molar-refractivity contribution in [3.63, 3.8) is 0 Å². The molecule has 1 aliphatic heterocycles. The number of ether oxygens (including phenoxy) is 3. The molecule has 34 heavy (non-hydrogen) atoms. The number of nitrogens with zero attached hydrogens (tertiary/aromatic N) is 1. The van der Waals surface area contributed by atoms with E-state index >= 15 is 0 Å². The van der Waals surface area contributed by atoms with Gasteiger partial charge in [-0.25, -0.2) is 8.42 Å². The number of hydrogen-bond acceptors (Lipinski definition) is 6. The van der Waals surface area contributed by atoms with Crippen molar-refractivity contribution in [1.82, 2.24) is 5.32 Å². The fraction of sp³-hybridized carbons (Fsp3) is 0.240. The van der Waals surface area contributed by atoms with Crippen LogP contribution in [0.1, 0.15) is 11.1 Å². The fourth-order valence-corrected chi connectivity index (χ4v) is 5.22. The summed E-state index contributed by atoms with van der Waals surface area (Å²) >= 11 is 0. The number of carbonyl (C=O) groups excluding carboxylic acids is 1. The van der Waals surface area contributed by atoms with E-state index in [9.17, 15) is 13.2 Å². The van der Waals surface area contributed by atoms with Crippen molar-refractivity contribution in [1.29, 1.82) is 0 Å². The number of para-hydroxylation sites is 1. The van der Waals surface area contributed by atoms with Crippen molar-refractivity contribution in [3.8, 4) is 17.2 Å². The van der Waals surface area contributed by atoms with E-state index in [1.54, 1.807) is 43.5 Å². The SMILES string of the molecule is COc1ccc(S(=O)(=O)N2CC(C(=O)NCc3ccccc3OC)Oc3cc(C)ccc32)cc1. The standard InChI is InChI=1S/C25H26N2O6S/c1-17-8-13-21-23(14-17)33-24(25(28)26-15-18-6-4-5-7-22(18)32-3)16-27(21)34(29,30)20-11-9-19(31-2)10-12-20/h4-14,24H,15-16H2,1-3H3,(H,26,28). The Morgan fingerprint density at radius 1 is 1.06 bits per heavy atom. The van der Waals surface area contributed by atoms with E-state index < -0.39 is 22.0 Å². The van der Waals surface area contributed by atoms with Gasteiger partial charge in [-0.05, 0) is 55.0 Å². The van der Waals surface area contributed by atoms with E-state index in [1.807, 2.05) is 25.1 Å². The molecule has 1 N–H and O–H groups in total. The summed E-state index contributed by atoms with van der Waals surface area (Å²) in [5.74, 6) is 1.11. The third kappa shape index (κ3) is 4.65. The average Bonchev–Trinajstić information content (AvgIpc) is 2.86. The molecule has 4 rings (SSSR count). The molecular formula is C25H26N2O6S. The van der Waals surface area contributed by atoms with Crippen LogP contribution in [-0.2, 0) is 21.4 Å². The molecule has 3 aromatic rings. The van der Waals surface area contributed by atoms with Gasteiger partial charge in [0.25, 0.3) is 15.9 Å². The number of aryl methyl sites for hydroxylation is 1. The molecule has 0 aromatic heterocycles. The first-order valence-corrected chi connectivity index (χ1v) is 12.1. The summed E-state index contributed by atoms with van der Waals surface area (Å²) in [5.41, 5.74) is 2.07. The van der Waals surface area contributed by atoms with Crippen LogP contribution in [0.5, 0.6) is 17.2 Å². The number of nitrogens with one attached hydrogen (secondary N) is 1. The molecule has 9 heteroatoms. The molecule has 1 heterocycles. The van der Waals surface area contributed by atoms with Crippen LogP contribution >= 0.6 is 0 Å². The quantitative estimate of drug-likeness (QED) is 0.556. The second kappa shape index (κ2) is 9.64. The van der Waals surface area contributed by atoms with Gasteiger partial charge in [-0.15, -0.1) is 0 Å². The van der Waals surface area contributed by atoms with Crippen LogP contribution in [0, 0.1) is 6.92 Å². The summed E-state index contributed by atoms with van der Waals surface area (Å²) in [5, 5.41) is 2.83. The van der Waals surface area contributed by atoms with Crippen LogP contribution in [0.4, 0.5) is 5.69 Å². The van der Waals surface area contributed by atoms with Crippen LogP contribution in [0.25, 0.3) is 0 Å². The Kier molecular flexibility index (Phi) is 6.65. The normalized spacial score (nSPS) is 15.1. The monoisotopic (exact) mass is 482 g/mol. The van der Waals surface area contributed by atoms with Gasteiger partial charge in [0.15, 0.2) is 6.10 Å². The Morgan fingerprint density at radius 3 is 2.50 bits per heavy atom. The van der Waals surface area contributed by atoms with Crippen molar-refractivity contribution in [3.05, 3.63) is 77.9 Å². The Hall–Kier alpha value is -3.72. The van der Waals surface area contributed by atoms with Gasteiger partial charge in [-0.2, -0.15) is 0 Å². The minimum absolute atomic E-state index is 0.0925. The number of anilines is 1. The van der Waals surface area contributed by atoms with Crippen molar-refractivity contribution >= 4 is 21.6 Å². The highest BCUT2D eigenvalue weighted by Gasteiger charge is 2.37. The van der Waals surface area contributed by atoms with Gasteiger partial charge in [0, 0.05) is 12.1 Å². The number of hydrogen-bond donors (Lipinski definition) is 1. The van der Waals surface area contributed by atoms with E-state index in [1.165, 1.54) is 23.5 Å². The molecule has 0 fully saturated rings. The highest BCUT2D eigenvalue weighted by Crippen LogP contribution is 2.38. The Balaban J connectivity index is 1.62. The maximum absolute atomic E-state index is 13.5. The molecular weight excluding hydrogens is 456 g/mol. The van der Waals surface area contributed by atoms with E-state index in [2.05, 4.69) is 5.32 Å². The molecule has 1 aliphatic rings. The summed E-state index contributed by atoms with van der Waals surface area (Å²) in [4.78, 5) is 13.1. The number of amides is 1. The molecule has 0 saturated heterocycles. The van der Waals surface area contributed by atoms with Crippen molar-refractivity contribution in [2.75, 3.05) is 25.1 Å². The lowest BCUT2D eigenvalue weighted by atomic mass is 10.1. The summed E-state index contributed by atoms with van der Waals surface area (Å²) in [6.45, 7) is 1.92. The third-order valence-corrected chi connectivity index (χ3v) is 7.36. The Morgan fingerprint density at radius 2 is 1.79 bits per heavy atom. The molecule has 0 spiro atoms. The number of fused-ring (bicyclic) bond motifs is 1. The smallest absolute Gasteiger partial charge is 0.264 e. The summed E-state index contributed by atoms with van der Waals surface area (Å²) in [7, 11) is -0.886. The lowest BCUT2D eigenvalue weighted by molar-refractivity contribution is -0.127. The van der Waals surface area contributed by atoms with Crippen molar-refractivity contribution in [2.45, 2.75) is 24.5 Å². The number of methoxy groups -OCH3 is 2. The first kappa shape index (κ1) is 23.4. The van der Waals surface area contributed by atoms with Crippen LogP contribution in [0.15, 0.2) is 71.6 Å². The molecule has 0 radical (unpaired) electrons. The summed E-state index contributed by atoms with van der Waals surface area (Å²) in [6.07, 6.45) is -1.03. The number of sulfonamides is 1. The van der Waals surface area contributed by atoms with Gasteiger partial charge < -0.3 is 19.5 Å². The maximum atomic E-state index is 13.5. The predicted octanol–water partition coefficient (Wildman–Crippen LogP) is 3.28. The van der Waals surface area contributed by atoms with E-state index in [-0.39, 0.29) is 18.0 Å². The predicted molar refractivity (Wildman–Crippen MR) is 128 cm³/mol. The van der Waals surface area contributed by atoms with Crippen LogP contribution in [0.3, 0.4) is 0 Å². The molecule has 8 nitrogen and oxygen atoms in total. The Bertz CT molecular complexity index is 1290. The van der Waals surface area contributed by atoms with Crippen molar-refractivity contribution < 1.29 is 27.4 Å². The molecule has 0 saturated carbocycles. The molecule has 3 aromatic carbocycles. The second-order valence-electron chi connectivity index (χ2n) is 7.82. The maximum Gasteiger partial charge on any atom is 0.264 e. The van der Waals surface area contributed by atoms with Gasteiger partial charge in [0.2, 0.25) is 0 Å². The lowest BCUT2D eigenvalue weighted by Crippen LogP contribution is -2.50. The van der Waals surface area contributed by atoms with Gasteiger partial charge in [-0.3, -0.25) is 9.10 Å². The van der Waals surface area contributed by atoms with Gasteiger partial charge >= 0.3 is 0 Å². The average molecular weight is 483 g/mol. The fourth-order valence-electron chi connectivity index (χ4n) is 3.75. The van der Waals surface area contributed by atoms with E-state index in [4.69, 9.17) is 14.2 Å². The van der Waals surface area contributed by atoms with Gasteiger partial charge in [0.1, 0.15) is 17.2 Å².